The van der Waals surface area contributed by atoms with Crippen molar-refractivity contribution in [3.05, 3.63) is 27.7 Å². The summed E-state index contributed by atoms with van der Waals surface area (Å²) in [5.41, 5.74) is -1.32. The molecule has 80 valence electrons. The van der Waals surface area contributed by atoms with Crippen LogP contribution >= 0.6 is 15.9 Å². The molecule has 0 spiro atoms. The van der Waals surface area contributed by atoms with Crippen molar-refractivity contribution in [1.82, 2.24) is 0 Å². The largest absolute Gasteiger partial charge is 0.485 e. The maximum absolute atomic E-state index is 12.6. The third-order valence-electron chi connectivity index (χ3n) is 2.01. The van der Waals surface area contributed by atoms with E-state index in [-0.39, 0.29) is 22.4 Å². The van der Waals surface area contributed by atoms with Crippen molar-refractivity contribution in [2.75, 3.05) is 6.61 Å². The van der Waals surface area contributed by atoms with Crippen molar-refractivity contribution in [2.45, 2.75) is 6.18 Å². The summed E-state index contributed by atoms with van der Waals surface area (Å²) in [6.07, 6.45) is -4.54. The Bertz CT molecular complexity index is 440. The first-order valence-electron chi connectivity index (χ1n) is 3.96. The van der Waals surface area contributed by atoms with Gasteiger partial charge in [-0.1, -0.05) is 15.9 Å². The molecule has 0 N–H and O–H groups in total. The van der Waals surface area contributed by atoms with Gasteiger partial charge in [-0.2, -0.15) is 13.2 Å². The summed E-state index contributed by atoms with van der Waals surface area (Å²) in [5, 5.41) is 0. The number of carbonyl (C=O) groups excluding carboxylic acids is 1. The minimum atomic E-state index is -4.54. The van der Waals surface area contributed by atoms with E-state index in [1.807, 2.05) is 0 Å². The van der Waals surface area contributed by atoms with E-state index in [0.29, 0.717) is 0 Å². The summed E-state index contributed by atoms with van der Waals surface area (Å²) >= 11 is 2.94. The van der Waals surface area contributed by atoms with Crippen LogP contribution < -0.4 is 4.74 Å². The van der Waals surface area contributed by atoms with Gasteiger partial charge in [-0.15, -0.1) is 0 Å². The Morgan fingerprint density at radius 1 is 1.33 bits per heavy atom. The molecule has 0 amide bonds. The quantitative estimate of drug-likeness (QED) is 0.730. The summed E-state index contributed by atoms with van der Waals surface area (Å²) in [5.74, 6) is -0.647. The Kier molecular flexibility index (Phi) is 2.26. The van der Waals surface area contributed by atoms with Gasteiger partial charge >= 0.3 is 6.18 Å². The molecule has 1 aliphatic rings. The van der Waals surface area contributed by atoms with Gasteiger partial charge in [0.05, 0.1) is 11.1 Å². The van der Waals surface area contributed by atoms with Gasteiger partial charge in [-0.3, -0.25) is 4.79 Å². The Balaban J connectivity index is 2.69. The molecule has 6 heteroatoms. The summed E-state index contributed by atoms with van der Waals surface area (Å²) in [7, 11) is 0. The van der Waals surface area contributed by atoms with Gasteiger partial charge in [0.25, 0.3) is 0 Å². The zero-order valence-corrected chi connectivity index (χ0v) is 8.78. The first-order valence-corrected chi connectivity index (χ1v) is 4.75. The molecule has 0 atom stereocenters. The summed E-state index contributed by atoms with van der Waals surface area (Å²) in [6, 6.07) is 2.24. The second-order valence-corrected chi connectivity index (χ2v) is 3.95. The van der Waals surface area contributed by atoms with Crippen LogP contribution in [0.15, 0.2) is 16.6 Å². The smallest absolute Gasteiger partial charge is 0.417 e. The molecule has 1 aromatic rings. The van der Waals surface area contributed by atoms with Gasteiger partial charge in [0.2, 0.25) is 5.78 Å². The predicted octanol–water partition coefficient (Wildman–Crippen LogP) is 3.04. The molecule has 0 aromatic heterocycles. The molecule has 0 aliphatic carbocycles. The molecule has 0 fully saturated rings. The minimum absolute atomic E-state index is 0.0123. The van der Waals surface area contributed by atoms with Crippen LogP contribution in [0, 0.1) is 0 Å². The molecular formula is C9H4BrF3O2. The van der Waals surface area contributed by atoms with Gasteiger partial charge in [-0.25, -0.2) is 0 Å². The molecule has 0 bridgehead atoms. The number of benzene rings is 1. The summed E-state index contributed by atoms with van der Waals surface area (Å²) in [4.78, 5) is 11.2. The standard InChI is InChI=1S/C9H4BrF3O2/c10-4-1-5(9(11,12)13)8-6(14)3-15-7(8)2-4/h1-2H,3H2. The van der Waals surface area contributed by atoms with Crippen molar-refractivity contribution in [1.29, 1.82) is 0 Å². The minimum Gasteiger partial charge on any atom is -0.485 e. The molecule has 1 heterocycles. The van der Waals surface area contributed by atoms with Crippen molar-refractivity contribution in [3.8, 4) is 5.75 Å². The number of hydrogen-bond donors (Lipinski definition) is 0. The Labute approximate surface area is 91.2 Å². The number of halogens is 4. The van der Waals surface area contributed by atoms with Crippen LogP contribution in [0.4, 0.5) is 13.2 Å². The number of ketones is 1. The monoisotopic (exact) mass is 280 g/mol. The molecule has 0 radical (unpaired) electrons. The fourth-order valence-electron chi connectivity index (χ4n) is 1.42. The van der Waals surface area contributed by atoms with Crippen molar-refractivity contribution >= 4 is 21.7 Å². The molecule has 2 rings (SSSR count). The first-order chi connectivity index (χ1) is 6.89. The second-order valence-electron chi connectivity index (χ2n) is 3.04. The molecular weight excluding hydrogens is 277 g/mol. The van der Waals surface area contributed by atoms with Crippen molar-refractivity contribution in [2.24, 2.45) is 0 Å². The van der Waals surface area contributed by atoms with Gasteiger partial charge in [-0.05, 0) is 12.1 Å². The number of alkyl halides is 3. The van der Waals surface area contributed by atoms with Crippen LogP contribution in [0.3, 0.4) is 0 Å². The number of fused-ring (bicyclic) bond motifs is 1. The Morgan fingerprint density at radius 2 is 2.00 bits per heavy atom. The highest BCUT2D eigenvalue weighted by Gasteiger charge is 2.39. The van der Waals surface area contributed by atoms with Crippen LogP contribution in [-0.2, 0) is 6.18 Å². The summed E-state index contributed by atoms with van der Waals surface area (Å²) in [6.45, 7) is -0.325. The predicted molar refractivity (Wildman–Crippen MR) is 49.0 cm³/mol. The van der Waals surface area contributed by atoms with E-state index >= 15 is 0 Å². The molecule has 0 unspecified atom stereocenters. The van der Waals surface area contributed by atoms with Gasteiger partial charge in [0.15, 0.2) is 6.61 Å². The van der Waals surface area contributed by atoms with Gasteiger partial charge < -0.3 is 4.74 Å². The number of hydrogen-bond acceptors (Lipinski definition) is 2. The lowest BCUT2D eigenvalue weighted by atomic mass is 10.0. The van der Waals surface area contributed by atoms with Gasteiger partial charge in [0, 0.05) is 4.47 Å². The normalized spacial score (nSPS) is 15.1. The summed E-state index contributed by atoms with van der Waals surface area (Å²) < 4.78 is 42.8. The van der Waals surface area contributed by atoms with Crippen LogP contribution in [0.25, 0.3) is 0 Å². The fourth-order valence-corrected chi connectivity index (χ4v) is 1.86. The zero-order valence-electron chi connectivity index (χ0n) is 7.19. The first kappa shape index (κ1) is 10.5. The molecule has 0 saturated carbocycles. The zero-order chi connectivity index (χ0) is 11.2. The average Bonchev–Trinajstić information content (AvgIpc) is 2.44. The highest BCUT2D eigenvalue weighted by Crippen LogP contribution is 2.40. The van der Waals surface area contributed by atoms with Crippen LogP contribution in [0.2, 0.25) is 0 Å². The van der Waals surface area contributed by atoms with Crippen LogP contribution in [0.1, 0.15) is 15.9 Å². The third-order valence-corrected chi connectivity index (χ3v) is 2.47. The third kappa shape index (κ3) is 1.73. The van der Waals surface area contributed by atoms with Gasteiger partial charge in [0.1, 0.15) is 5.75 Å². The van der Waals surface area contributed by atoms with E-state index in [2.05, 4.69) is 15.9 Å². The molecule has 2 nitrogen and oxygen atoms in total. The maximum atomic E-state index is 12.6. The molecule has 0 saturated heterocycles. The van der Waals surface area contributed by atoms with E-state index in [4.69, 9.17) is 4.74 Å². The van der Waals surface area contributed by atoms with E-state index in [0.717, 1.165) is 6.07 Å². The van der Waals surface area contributed by atoms with E-state index in [1.165, 1.54) is 6.07 Å². The number of Topliss-reactive ketones (excluding diaryl/α,β-unsaturated/α-hetero) is 1. The lowest BCUT2D eigenvalue weighted by Crippen LogP contribution is -2.11. The number of rotatable bonds is 0. The van der Waals surface area contributed by atoms with E-state index in [9.17, 15) is 18.0 Å². The van der Waals surface area contributed by atoms with Crippen LogP contribution in [0.5, 0.6) is 5.75 Å². The Morgan fingerprint density at radius 3 is 2.60 bits per heavy atom. The maximum Gasteiger partial charge on any atom is 0.417 e. The highest BCUT2D eigenvalue weighted by atomic mass is 79.9. The number of carbonyl (C=O) groups is 1. The molecule has 1 aromatic carbocycles. The topological polar surface area (TPSA) is 26.3 Å². The van der Waals surface area contributed by atoms with Crippen molar-refractivity contribution in [3.63, 3.8) is 0 Å². The lowest BCUT2D eigenvalue weighted by molar-refractivity contribution is -0.137. The van der Waals surface area contributed by atoms with E-state index in [1.54, 1.807) is 0 Å². The Hall–Kier alpha value is -1.04. The van der Waals surface area contributed by atoms with Crippen molar-refractivity contribution < 1.29 is 22.7 Å². The number of ether oxygens (including phenoxy) is 1. The molecule has 15 heavy (non-hydrogen) atoms. The molecule has 1 aliphatic heterocycles. The van der Waals surface area contributed by atoms with Crippen LogP contribution in [-0.4, -0.2) is 12.4 Å². The fraction of sp³-hybridized carbons (Fsp3) is 0.222. The average molecular weight is 281 g/mol. The SMILES string of the molecule is O=C1COc2cc(Br)cc(C(F)(F)F)c21. The highest BCUT2D eigenvalue weighted by molar-refractivity contribution is 9.10. The van der Waals surface area contributed by atoms with E-state index < -0.39 is 17.5 Å². The second kappa shape index (κ2) is 3.23. The lowest BCUT2D eigenvalue weighted by Gasteiger charge is -2.10.